The molecular weight excluding hydrogens is 352 g/mol. The Kier molecular flexibility index (Phi) is 8.18. The molecule has 2 aliphatic rings. The lowest BCUT2D eigenvalue weighted by atomic mass is 10.1. The number of nitrogens with zero attached hydrogens (tertiary/aromatic N) is 4. The van der Waals surface area contributed by atoms with Gasteiger partial charge in [0, 0.05) is 38.8 Å². The summed E-state index contributed by atoms with van der Waals surface area (Å²) in [6, 6.07) is 4.79. The Bertz CT molecular complexity index is 584. The third-order valence-corrected chi connectivity index (χ3v) is 5.95. The lowest BCUT2D eigenvalue weighted by Gasteiger charge is -2.38. The fourth-order valence-corrected chi connectivity index (χ4v) is 4.15. The lowest BCUT2D eigenvalue weighted by Crippen LogP contribution is -2.55. The second kappa shape index (κ2) is 10.8. The largest absolute Gasteiger partial charge is 0.468 e. The fourth-order valence-electron chi connectivity index (χ4n) is 4.15. The summed E-state index contributed by atoms with van der Waals surface area (Å²) in [5.74, 6) is 1.92. The summed E-state index contributed by atoms with van der Waals surface area (Å²) in [7, 11) is 4.42. The van der Waals surface area contributed by atoms with E-state index < -0.39 is 0 Å². The predicted octanol–water partition coefficient (Wildman–Crippen LogP) is 1.61. The first-order valence-corrected chi connectivity index (χ1v) is 10.9. The van der Waals surface area contributed by atoms with Crippen LogP contribution in [0.3, 0.4) is 0 Å². The molecule has 2 saturated heterocycles. The summed E-state index contributed by atoms with van der Waals surface area (Å²) in [6.07, 6.45) is 5.63. The van der Waals surface area contributed by atoms with Crippen LogP contribution >= 0.6 is 0 Å². The Hall–Kier alpha value is -1.57. The first-order valence-electron chi connectivity index (χ1n) is 10.9. The molecule has 2 atom stereocenters. The van der Waals surface area contributed by atoms with Crippen LogP contribution in [-0.2, 0) is 0 Å². The van der Waals surface area contributed by atoms with Crippen molar-refractivity contribution in [1.82, 2.24) is 25.3 Å². The number of rotatable bonds is 7. The number of likely N-dealkylation sites (tertiary alicyclic amines) is 1. The highest BCUT2D eigenvalue weighted by molar-refractivity contribution is 5.79. The highest BCUT2D eigenvalue weighted by Gasteiger charge is 2.25. The monoisotopic (exact) mass is 390 g/mol. The van der Waals surface area contributed by atoms with E-state index in [-0.39, 0.29) is 6.04 Å². The number of piperazine rings is 1. The molecule has 7 nitrogen and oxygen atoms in total. The molecule has 0 radical (unpaired) electrons. The lowest BCUT2D eigenvalue weighted by molar-refractivity contribution is 0.116. The summed E-state index contributed by atoms with van der Waals surface area (Å²) in [5, 5.41) is 6.98. The molecule has 0 amide bonds. The Morgan fingerprint density at radius 1 is 1.18 bits per heavy atom. The van der Waals surface area contributed by atoms with E-state index in [1.807, 2.05) is 6.07 Å². The van der Waals surface area contributed by atoms with Gasteiger partial charge >= 0.3 is 0 Å². The SMILES string of the molecule is CCNC(=NCC(c1ccco1)N1CCCCC1)NCC1CN(C)CCN1C. The van der Waals surface area contributed by atoms with Gasteiger partial charge in [0.2, 0.25) is 0 Å². The summed E-state index contributed by atoms with van der Waals surface area (Å²) in [5.41, 5.74) is 0. The quantitative estimate of drug-likeness (QED) is 0.545. The molecule has 158 valence electrons. The zero-order chi connectivity index (χ0) is 19.8. The van der Waals surface area contributed by atoms with Crippen LogP contribution in [-0.4, -0.2) is 93.2 Å². The molecule has 0 aliphatic carbocycles. The summed E-state index contributed by atoms with van der Waals surface area (Å²) in [6.45, 7) is 10.2. The predicted molar refractivity (Wildman–Crippen MR) is 115 cm³/mol. The van der Waals surface area contributed by atoms with E-state index in [0.717, 1.165) is 57.5 Å². The van der Waals surface area contributed by atoms with Crippen LogP contribution in [0.5, 0.6) is 0 Å². The van der Waals surface area contributed by atoms with Crippen molar-refractivity contribution in [2.75, 3.05) is 66.5 Å². The van der Waals surface area contributed by atoms with Crippen molar-refractivity contribution in [2.24, 2.45) is 4.99 Å². The standard InChI is InChI=1S/C21H38N6O/c1-4-22-21(23-15-18-17-25(2)12-13-26(18)3)24-16-19(20-9-8-14-28-20)27-10-6-5-7-11-27/h8-9,14,18-19H,4-7,10-13,15-17H2,1-3H3,(H2,22,23,24). The first-order chi connectivity index (χ1) is 13.7. The minimum atomic E-state index is 0.217. The van der Waals surface area contributed by atoms with Crippen molar-refractivity contribution in [1.29, 1.82) is 0 Å². The normalized spacial score (nSPS) is 24.2. The van der Waals surface area contributed by atoms with E-state index in [1.165, 1.54) is 19.3 Å². The van der Waals surface area contributed by atoms with Gasteiger partial charge in [-0.2, -0.15) is 0 Å². The average molecular weight is 391 g/mol. The molecule has 2 unspecified atom stereocenters. The highest BCUT2D eigenvalue weighted by atomic mass is 16.3. The number of furan rings is 1. The van der Waals surface area contributed by atoms with E-state index in [2.05, 4.69) is 52.4 Å². The van der Waals surface area contributed by atoms with Gasteiger partial charge in [0.15, 0.2) is 5.96 Å². The van der Waals surface area contributed by atoms with E-state index >= 15 is 0 Å². The molecule has 3 heterocycles. The maximum absolute atomic E-state index is 5.76. The van der Waals surface area contributed by atoms with Gasteiger partial charge in [-0.15, -0.1) is 0 Å². The second-order valence-corrected chi connectivity index (χ2v) is 8.13. The topological polar surface area (TPSA) is 59.3 Å². The molecule has 3 rings (SSSR count). The van der Waals surface area contributed by atoms with Gasteiger partial charge < -0.3 is 20.0 Å². The molecule has 0 spiro atoms. The minimum Gasteiger partial charge on any atom is -0.468 e. The maximum atomic E-state index is 5.76. The molecule has 2 N–H and O–H groups in total. The van der Waals surface area contributed by atoms with E-state index in [4.69, 9.17) is 9.41 Å². The average Bonchev–Trinajstić information content (AvgIpc) is 3.24. The highest BCUT2D eigenvalue weighted by Crippen LogP contribution is 2.25. The second-order valence-electron chi connectivity index (χ2n) is 8.13. The van der Waals surface area contributed by atoms with Crippen LogP contribution in [0.1, 0.15) is 38.0 Å². The van der Waals surface area contributed by atoms with E-state index in [9.17, 15) is 0 Å². The number of nitrogens with one attached hydrogen (secondary N) is 2. The number of hydrogen-bond donors (Lipinski definition) is 2. The molecular formula is C21H38N6O. The van der Waals surface area contributed by atoms with Crippen molar-refractivity contribution >= 4 is 5.96 Å². The van der Waals surface area contributed by atoms with Crippen LogP contribution < -0.4 is 10.6 Å². The molecule has 0 aromatic carbocycles. The third kappa shape index (κ3) is 5.96. The van der Waals surface area contributed by atoms with Crippen LogP contribution in [0.15, 0.2) is 27.8 Å². The smallest absolute Gasteiger partial charge is 0.191 e. The first kappa shape index (κ1) is 21.1. The van der Waals surface area contributed by atoms with Crippen LogP contribution in [0.4, 0.5) is 0 Å². The number of piperidine rings is 1. The Morgan fingerprint density at radius 2 is 2.00 bits per heavy atom. The van der Waals surface area contributed by atoms with Gasteiger partial charge in [0.25, 0.3) is 0 Å². The summed E-state index contributed by atoms with van der Waals surface area (Å²) >= 11 is 0. The van der Waals surface area contributed by atoms with Gasteiger partial charge in [-0.25, -0.2) is 0 Å². The fraction of sp³-hybridized carbons (Fsp3) is 0.762. The summed E-state index contributed by atoms with van der Waals surface area (Å²) < 4.78 is 5.76. The zero-order valence-electron chi connectivity index (χ0n) is 17.9. The minimum absolute atomic E-state index is 0.217. The molecule has 2 fully saturated rings. The van der Waals surface area contributed by atoms with Gasteiger partial charge in [-0.3, -0.25) is 14.8 Å². The van der Waals surface area contributed by atoms with E-state index in [0.29, 0.717) is 12.6 Å². The van der Waals surface area contributed by atoms with Gasteiger partial charge in [0.1, 0.15) is 5.76 Å². The van der Waals surface area contributed by atoms with Crippen molar-refractivity contribution in [3.8, 4) is 0 Å². The molecule has 0 saturated carbocycles. The molecule has 7 heteroatoms. The van der Waals surface area contributed by atoms with Crippen LogP contribution in [0.2, 0.25) is 0 Å². The molecule has 0 bridgehead atoms. The number of hydrogen-bond acceptors (Lipinski definition) is 5. The number of guanidine groups is 1. The zero-order valence-corrected chi connectivity index (χ0v) is 17.9. The molecule has 2 aliphatic heterocycles. The maximum Gasteiger partial charge on any atom is 0.191 e. The van der Waals surface area contributed by atoms with Gasteiger partial charge in [-0.05, 0) is 59.1 Å². The Labute approximate surface area is 170 Å². The van der Waals surface area contributed by atoms with Crippen LogP contribution in [0.25, 0.3) is 0 Å². The Morgan fingerprint density at radius 3 is 2.71 bits per heavy atom. The van der Waals surface area contributed by atoms with E-state index in [1.54, 1.807) is 6.26 Å². The molecule has 1 aromatic heterocycles. The van der Waals surface area contributed by atoms with Gasteiger partial charge in [-0.1, -0.05) is 6.42 Å². The molecule has 28 heavy (non-hydrogen) atoms. The summed E-state index contributed by atoms with van der Waals surface area (Å²) in [4.78, 5) is 12.3. The third-order valence-electron chi connectivity index (χ3n) is 5.95. The van der Waals surface area contributed by atoms with Crippen LogP contribution in [0, 0.1) is 0 Å². The number of aliphatic imine (C=N–C) groups is 1. The molecule has 1 aromatic rings. The van der Waals surface area contributed by atoms with Crippen molar-refractivity contribution < 1.29 is 4.42 Å². The van der Waals surface area contributed by atoms with Gasteiger partial charge in [0.05, 0.1) is 18.8 Å². The van der Waals surface area contributed by atoms with Crippen molar-refractivity contribution in [3.05, 3.63) is 24.2 Å². The Balaban J connectivity index is 1.62. The van der Waals surface area contributed by atoms with Crippen molar-refractivity contribution in [3.63, 3.8) is 0 Å². The number of likely N-dealkylation sites (N-methyl/N-ethyl adjacent to an activating group) is 2. The van der Waals surface area contributed by atoms with Crippen molar-refractivity contribution in [2.45, 2.75) is 38.3 Å².